The van der Waals surface area contributed by atoms with E-state index in [2.05, 4.69) is 15.6 Å². The monoisotopic (exact) mass is 290 g/mol. The van der Waals surface area contributed by atoms with E-state index in [1.54, 1.807) is 33.3 Å². The molecule has 0 aliphatic carbocycles. The third-order valence-corrected chi connectivity index (χ3v) is 3.44. The molecule has 0 radical (unpaired) electrons. The van der Waals surface area contributed by atoms with Crippen molar-refractivity contribution in [3.63, 3.8) is 0 Å². The molecule has 0 saturated heterocycles. The van der Waals surface area contributed by atoms with Crippen molar-refractivity contribution in [3.8, 4) is 11.5 Å². The van der Waals surface area contributed by atoms with Crippen molar-refractivity contribution in [2.24, 2.45) is 16.0 Å². The van der Waals surface area contributed by atoms with Crippen molar-refractivity contribution in [2.75, 3.05) is 14.2 Å². The fourth-order valence-corrected chi connectivity index (χ4v) is 2.35. The van der Waals surface area contributed by atoms with Crippen molar-refractivity contribution >= 4 is 17.3 Å². The molecule has 0 saturated carbocycles. The molecule has 1 aliphatic heterocycles. The maximum absolute atomic E-state index is 12.1. The average Bonchev–Trinajstić information content (AvgIpc) is 2.62. The van der Waals surface area contributed by atoms with Crippen LogP contribution in [0.25, 0.3) is 0 Å². The maximum atomic E-state index is 12.1. The normalized spacial score (nSPS) is 17.1. The van der Waals surface area contributed by atoms with Crippen LogP contribution >= 0.6 is 0 Å². The minimum atomic E-state index is -0.619. The molecular weight excluding hydrogens is 272 g/mol. The number of ether oxygens (including phenoxy) is 2. The molecular formula is C14H18N4O3. The number of carbonyl (C=O) groups excluding carboxylic acids is 1. The molecule has 0 fully saturated rings. The first-order valence-corrected chi connectivity index (χ1v) is 6.39. The molecule has 1 aromatic carbocycles. The number of benzene rings is 1. The summed E-state index contributed by atoms with van der Waals surface area (Å²) in [5.74, 6) is 5.42. The van der Waals surface area contributed by atoms with Gasteiger partial charge in [0.2, 0.25) is 5.91 Å². The lowest BCUT2D eigenvalue weighted by Gasteiger charge is -2.19. The van der Waals surface area contributed by atoms with Gasteiger partial charge in [-0.05, 0) is 31.5 Å². The topological polar surface area (TPSA) is 98.3 Å². The molecule has 7 nitrogen and oxygen atoms in total. The van der Waals surface area contributed by atoms with Gasteiger partial charge in [0, 0.05) is 5.56 Å². The van der Waals surface area contributed by atoms with Gasteiger partial charge in [-0.3, -0.25) is 10.2 Å². The number of hydrazine groups is 1. The van der Waals surface area contributed by atoms with Gasteiger partial charge in [-0.1, -0.05) is 0 Å². The Morgan fingerprint density at radius 1 is 1.19 bits per heavy atom. The van der Waals surface area contributed by atoms with Gasteiger partial charge in [0.15, 0.2) is 11.5 Å². The Morgan fingerprint density at radius 2 is 1.81 bits per heavy atom. The van der Waals surface area contributed by atoms with E-state index in [9.17, 15) is 4.79 Å². The smallest absolute Gasteiger partial charge is 0.247 e. The number of amides is 1. The number of nitrogens with zero attached hydrogens (tertiary/aromatic N) is 2. The van der Waals surface area contributed by atoms with E-state index < -0.39 is 5.92 Å². The fraction of sp³-hybridized carbons (Fsp3) is 0.357. The van der Waals surface area contributed by atoms with Gasteiger partial charge >= 0.3 is 0 Å². The zero-order valence-electron chi connectivity index (χ0n) is 12.4. The van der Waals surface area contributed by atoms with Crippen LogP contribution in [0, 0.1) is 0 Å². The lowest BCUT2D eigenvalue weighted by molar-refractivity contribution is -0.121. The van der Waals surface area contributed by atoms with E-state index in [1.165, 1.54) is 0 Å². The zero-order valence-corrected chi connectivity index (χ0v) is 12.4. The van der Waals surface area contributed by atoms with Gasteiger partial charge < -0.3 is 9.47 Å². The fourth-order valence-electron chi connectivity index (χ4n) is 2.35. The number of rotatable bonds is 3. The van der Waals surface area contributed by atoms with Crippen LogP contribution in [0.3, 0.4) is 0 Å². The highest BCUT2D eigenvalue weighted by atomic mass is 16.5. The summed E-state index contributed by atoms with van der Waals surface area (Å²) in [6.07, 6.45) is 0. The average molecular weight is 290 g/mol. The molecule has 3 N–H and O–H groups in total. The molecule has 2 rings (SSSR count). The summed E-state index contributed by atoms with van der Waals surface area (Å²) in [5, 5.41) is 8.22. The van der Waals surface area contributed by atoms with Crippen LogP contribution in [0.4, 0.5) is 0 Å². The second-order valence-electron chi connectivity index (χ2n) is 4.66. The highest BCUT2D eigenvalue weighted by molar-refractivity contribution is 6.13. The van der Waals surface area contributed by atoms with E-state index in [0.717, 1.165) is 11.1 Å². The minimum absolute atomic E-state index is 0.352. The Labute approximate surface area is 122 Å². The van der Waals surface area contributed by atoms with Crippen molar-refractivity contribution in [2.45, 2.75) is 19.8 Å². The van der Waals surface area contributed by atoms with Gasteiger partial charge in [0.05, 0.1) is 25.6 Å². The third-order valence-electron chi connectivity index (χ3n) is 3.44. The standard InChI is InChI=1S/C14H18N4O3/c1-7-9-5-11(20-3)12(21-4)6-10(9)13(14(19)16-15)8(2)18-17-7/h5-6,13H,15H2,1-4H3,(H,16,19)/t13-/m1/s1. The third kappa shape index (κ3) is 2.59. The molecule has 0 spiro atoms. The second kappa shape index (κ2) is 5.92. The molecule has 1 amide bonds. The van der Waals surface area contributed by atoms with Crippen molar-refractivity contribution < 1.29 is 14.3 Å². The van der Waals surface area contributed by atoms with E-state index in [0.29, 0.717) is 22.9 Å². The van der Waals surface area contributed by atoms with Gasteiger partial charge in [-0.15, -0.1) is 0 Å². The Balaban J connectivity index is 2.72. The summed E-state index contributed by atoms with van der Waals surface area (Å²) in [6, 6.07) is 3.55. The first-order chi connectivity index (χ1) is 10.0. The molecule has 0 unspecified atom stereocenters. The van der Waals surface area contributed by atoms with Crippen LogP contribution in [-0.2, 0) is 4.79 Å². The summed E-state index contributed by atoms with van der Waals surface area (Å²) in [5.41, 5.74) is 4.93. The Bertz CT molecular complexity index is 637. The SMILES string of the molecule is COc1cc2c(cc1OC)[C@H](C(=O)NN)C(C)=NN=C2C. The number of hydrogen-bond donors (Lipinski definition) is 2. The highest BCUT2D eigenvalue weighted by Gasteiger charge is 2.30. The number of fused-ring (bicyclic) bond motifs is 1. The Morgan fingerprint density at radius 3 is 2.38 bits per heavy atom. The quantitative estimate of drug-likeness (QED) is 0.492. The number of hydrogen-bond acceptors (Lipinski definition) is 6. The molecule has 112 valence electrons. The molecule has 1 aliphatic rings. The van der Waals surface area contributed by atoms with Crippen LogP contribution in [0.5, 0.6) is 11.5 Å². The summed E-state index contributed by atoms with van der Waals surface area (Å²) in [7, 11) is 3.10. The van der Waals surface area contributed by atoms with E-state index in [-0.39, 0.29) is 5.91 Å². The van der Waals surface area contributed by atoms with Crippen molar-refractivity contribution in [1.82, 2.24) is 5.43 Å². The molecule has 21 heavy (non-hydrogen) atoms. The molecule has 1 aromatic rings. The van der Waals surface area contributed by atoms with Crippen LogP contribution in [0.1, 0.15) is 30.9 Å². The van der Waals surface area contributed by atoms with Gasteiger partial charge in [0.1, 0.15) is 5.92 Å². The summed E-state index contributed by atoms with van der Waals surface area (Å²) >= 11 is 0. The molecule has 1 atom stereocenters. The molecule has 1 heterocycles. The second-order valence-corrected chi connectivity index (χ2v) is 4.66. The van der Waals surface area contributed by atoms with Gasteiger partial charge in [-0.2, -0.15) is 10.2 Å². The van der Waals surface area contributed by atoms with Crippen molar-refractivity contribution in [3.05, 3.63) is 23.3 Å². The van der Waals surface area contributed by atoms with Crippen LogP contribution < -0.4 is 20.7 Å². The maximum Gasteiger partial charge on any atom is 0.247 e. The lowest BCUT2D eigenvalue weighted by Crippen LogP contribution is -2.37. The first kappa shape index (κ1) is 15.0. The number of nitrogens with one attached hydrogen (secondary N) is 1. The summed E-state index contributed by atoms with van der Waals surface area (Å²) in [6.45, 7) is 3.56. The lowest BCUT2D eigenvalue weighted by atomic mass is 9.88. The zero-order chi connectivity index (χ0) is 15.6. The Kier molecular flexibility index (Phi) is 4.23. The van der Waals surface area contributed by atoms with Gasteiger partial charge in [-0.25, -0.2) is 5.84 Å². The molecule has 0 bridgehead atoms. The summed E-state index contributed by atoms with van der Waals surface area (Å²) < 4.78 is 10.6. The molecule has 7 heteroatoms. The van der Waals surface area contributed by atoms with Crippen LogP contribution in [-0.4, -0.2) is 31.6 Å². The minimum Gasteiger partial charge on any atom is -0.493 e. The van der Waals surface area contributed by atoms with Crippen molar-refractivity contribution in [1.29, 1.82) is 0 Å². The highest BCUT2D eigenvalue weighted by Crippen LogP contribution is 2.36. The van der Waals surface area contributed by atoms with E-state index in [1.807, 2.05) is 6.92 Å². The van der Waals surface area contributed by atoms with Gasteiger partial charge in [0.25, 0.3) is 0 Å². The predicted octanol–water partition coefficient (Wildman–Crippen LogP) is 0.976. The largest absolute Gasteiger partial charge is 0.493 e. The van der Waals surface area contributed by atoms with Crippen LogP contribution in [0.15, 0.2) is 22.3 Å². The first-order valence-electron chi connectivity index (χ1n) is 6.39. The molecule has 0 aromatic heterocycles. The van der Waals surface area contributed by atoms with Crippen LogP contribution in [0.2, 0.25) is 0 Å². The number of carbonyl (C=O) groups is 1. The predicted molar refractivity (Wildman–Crippen MR) is 79.9 cm³/mol. The number of nitrogens with two attached hydrogens (primary N) is 1. The summed E-state index contributed by atoms with van der Waals surface area (Å²) in [4.78, 5) is 12.1. The number of methoxy groups -OCH3 is 2. The van der Waals surface area contributed by atoms with E-state index in [4.69, 9.17) is 15.3 Å². The van der Waals surface area contributed by atoms with E-state index >= 15 is 0 Å². The Hall–Kier alpha value is -2.41.